The minimum Gasteiger partial charge on any atom is -0.326 e. The van der Waals surface area contributed by atoms with Crippen LogP contribution in [0.3, 0.4) is 0 Å². The maximum Gasteiger partial charge on any atom is 0.226 e. The highest BCUT2D eigenvalue weighted by Gasteiger charge is 2.15. The molecule has 21 heavy (non-hydrogen) atoms. The van der Waals surface area contributed by atoms with Crippen molar-refractivity contribution in [1.29, 1.82) is 0 Å². The molecule has 2 aromatic rings. The van der Waals surface area contributed by atoms with Crippen LogP contribution < -0.4 is 5.32 Å². The molecule has 0 aliphatic rings. The number of anilines is 1. The van der Waals surface area contributed by atoms with E-state index in [0.717, 1.165) is 22.6 Å². The van der Waals surface area contributed by atoms with Gasteiger partial charge in [0.2, 0.25) is 5.91 Å². The second kappa shape index (κ2) is 6.31. The second-order valence-electron chi connectivity index (χ2n) is 5.39. The first-order valence-electron chi connectivity index (χ1n) is 6.96. The van der Waals surface area contributed by atoms with Gasteiger partial charge in [-0.2, -0.15) is 5.10 Å². The van der Waals surface area contributed by atoms with E-state index in [1.54, 1.807) is 0 Å². The molecule has 1 aromatic carbocycles. The van der Waals surface area contributed by atoms with E-state index in [0.29, 0.717) is 11.4 Å². The Labute approximate surface area is 130 Å². The van der Waals surface area contributed by atoms with Gasteiger partial charge >= 0.3 is 0 Å². The minimum atomic E-state index is -0.0413. The number of benzene rings is 1. The zero-order valence-corrected chi connectivity index (χ0v) is 13.5. The zero-order chi connectivity index (χ0) is 15.6. The van der Waals surface area contributed by atoms with Crippen LogP contribution in [-0.4, -0.2) is 15.7 Å². The van der Waals surface area contributed by atoms with Gasteiger partial charge in [0.1, 0.15) is 0 Å². The lowest BCUT2D eigenvalue weighted by molar-refractivity contribution is -0.116. The van der Waals surface area contributed by atoms with E-state index >= 15 is 0 Å². The highest BCUT2D eigenvalue weighted by molar-refractivity contribution is 6.31. The van der Waals surface area contributed by atoms with E-state index in [-0.39, 0.29) is 11.9 Å². The van der Waals surface area contributed by atoms with E-state index in [4.69, 9.17) is 11.6 Å². The number of carbonyl (C=O) groups is 1. The molecule has 1 atom stereocenters. The Kier molecular flexibility index (Phi) is 4.68. The smallest absolute Gasteiger partial charge is 0.226 e. The summed E-state index contributed by atoms with van der Waals surface area (Å²) in [5.74, 6) is -0.0413. The first kappa shape index (κ1) is 15.6. The van der Waals surface area contributed by atoms with Crippen LogP contribution >= 0.6 is 11.6 Å². The topological polar surface area (TPSA) is 46.9 Å². The summed E-state index contributed by atoms with van der Waals surface area (Å²) in [5, 5.41) is 7.98. The Hall–Kier alpha value is -1.81. The summed E-state index contributed by atoms with van der Waals surface area (Å²) >= 11 is 6.06. The fraction of sp³-hybridized carbons (Fsp3) is 0.375. The normalized spacial score (nSPS) is 12.2. The third kappa shape index (κ3) is 3.64. The Balaban J connectivity index is 2.05. The third-order valence-electron chi connectivity index (χ3n) is 3.48. The van der Waals surface area contributed by atoms with Gasteiger partial charge in [-0.05, 0) is 51.5 Å². The van der Waals surface area contributed by atoms with Gasteiger partial charge in [-0.3, -0.25) is 9.48 Å². The van der Waals surface area contributed by atoms with Gasteiger partial charge in [-0.25, -0.2) is 0 Å². The Morgan fingerprint density at radius 2 is 2.10 bits per heavy atom. The third-order valence-corrected chi connectivity index (χ3v) is 3.89. The molecule has 0 saturated heterocycles. The van der Waals surface area contributed by atoms with Gasteiger partial charge in [0.15, 0.2) is 0 Å². The molecule has 112 valence electrons. The van der Waals surface area contributed by atoms with Crippen LogP contribution in [-0.2, 0) is 4.79 Å². The molecule has 0 fully saturated rings. The molecule has 1 N–H and O–H groups in total. The largest absolute Gasteiger partial charge is 0.326 e. The van der Waals surface area contributed by atoms with Crippen molar-refractivity contribution < 1.29 is 4.79 Å². The molecule has 1 amide bonds. The van der Waals surface area contributed by atoms with E-state index in [1.165, 1.54) is 0 Å². The van der Waals surface area contributed by atoms with Crippen LogP contribution in [0.1, 0.15) is 36.3 Å². The number of nitrogens with zero attached hydrogens (tertiary/aromatic N) is 2. The molecule has 0 aliphatic heterocycles. The number of hydrogen-bond acceptors (Lipinski definition) is 2. The molecule has 2 rings (SSSR count). The molecule has 0 spiro atoms. The summed E-state index contributed by atoms with van der Waals surface area (Å²) in [6.45, 7) is 7.83. The first-order chi connectivity index (χ1) is 9.88. The fourth-order valence-electron chi connectivity index (χ4n) is 2.39. The van der Waals surface area contributed by atoms with E-state index in [2.05, 4.69) is 10.4 Å². The average Bonchev–Trinajstić information content (AvgIpc) is 2.74. The van der Waals surface area contributed by atoms with Crippen LogP contribution in [0, 0.1) is 20.8 Å². The fourth-order valence-corrected chi connectivity index (χ4v) is 2.57. The van der Waals surface area contributed by atoms with Crippen molar-refractivity contribution in [3.8, 4) is 0 Å². The summed E-state index contributed by atoms with van der Waals surface area (Å²) in [5.41, 5.74) is 3.66. The predicted octanol–water partition coefficient (Wildman–Crippen LogP) is 4.05. The molecule has 1 heterocycles. The lowest BCUT2D eigenvalue weighted by Gasteiger charge is -2.15. The average molecular weight is 306 g/mol. The van der Waals surface area contributed by atoms with E-state index in [9.17, 15) is 4.79 Å². The maximum absolute atomic E-state index is 12.2. The monoisotopic (exact) mass is 305 g/mol. The SMILES string of the molecule is Cc1cc(C)n([C@@H](C)CC(=O)Nc2cccc(Cl)c2C)n1. The molecular formula is C16H20ClN3O. The number of rotatable bonds is 4. The van der Waals surface area contributed by atoms with E-state index in [1.807, 2.05) is 56.6 Å². The van der Waals surface area contributed by atoms with Gasteiger partial charge in [-0.15, -0.1) is 0 Å². The van der Waals surface area contributed by atoms with Crippen molar-refractivity contribution in [3.63, 3.8) is 0 Å². The molecule has 0 aliphatic carbocycles. The predicted molar refractivity (Wildman–Crippen MR) is 85.8 cm³/mol. The molecule has 0 saturated carbocycles. The zero-order valence-electron chi connectivity index (χ0n) is 12.8. The number of nitrogens with one attached hydrogen (secondary N) is 1. The Bertz CT molecular complexity index is 664. The molecular weight excluding hydrogens is 286 g/mol. The minimum absolute atomic E-state index is 0.0122. The van der Waals surface area contributed by atoms with Gasteiger partial charge in [0.25, 0.3) is 0 Å². The van der Waals surface area contributed by atoms with Crippen molar-refractivity contribution in [2.45, 2.75) is 40.2 Å². The highest BCUT2D eigenvalue weighted by atomic mass is 35.5. The van der Waals surface area contributed by atoms with Gasteiger partial charge in [-0.1, -0.05) is 17.7 Å². The summed E-state index contributed by atoms with van der Waals surface area (Å²) in [7, 11) is 0. The summed E-state index contributed by atoms with van der Waals surface area (Å²) in [6, 6.07) is 7.52. The molecule has 1 aromatic heterocycles. The van der Waals surface area contributed by atoms with Crippen molar-refractivity contribution in [2.75, 3.05) is 5.32 Å². The first-order valence-corrected chi connectivity index (χ1v) is 7.34. The van der Waals surface area contributed by atoms with Crippen molar-refractivity contribution in [2.24, 2.45) is 0 Å². The Morgan fingerprint density at radius 3 is 2.71 bits per heavy atom. The quantitative estimate of drug-likeness (QED) is 0.926. The summed E-state index contributed by atoms with van der Waals surface area (Å²) in [4.78, 5) is 12.2. The van der Waals surface area contributed by atoms with Gasteiger partial charge in [0, 0.05) is 22.8 Å². The lowest BCUT2D eigenvalue weighted by Crippen LogP contribution is -2.19. The van der Waals surface area contributed by atoms with Crippen molar-refractivity contribution >= 4 is 23.2 Å². The molecule has 5 heteroatoms. The number of carbonyl (C=O) groups excluding carboxylic acids is 1. The van der Waals surface area contributed by atoms with Crippen LogP contribution in [0.2, 0.25) is 5.02 Å². The highest BCUT2D eigenvalue weighted by Crippen LogP contribution is 2.23. The standard InChI is InChI=1S/C16H20ClN3O/c1-10-8-11(2)20(19-10)12(3)9-16(21)18-15-7-5-6-14(17)13(15)4/h5-8,12H,9H2,1-4H3,(H,18,21)/t12-/m0/s1. The van der Waals surface area contributed by atoms with Crippen LogP contribution in [0.5, 0.6) is 0 Å². The molecule has 4 nitrogen and oxygen atoms in total. The number of amides is 1. The number of aryl methyl sites for hydroxylation is 2. The molecule has 0 bridgehead atoms. The summed E-state index contributed by atoms with van der Waals surface area (Å²) < 4.78 is 1.89. The Morgan fingerprint density at radius 1 is 1.38 bits per heavy atom. The lowest BCUT2D eigenvalue weighted by atomic mass is 10.1. The number of hydrogen-bond donors (Lipinski definition) is 1. The number of aromatic nitrogens is 2. The number of halogens is 1. The molecule has 0 unspecified atom stereocenters. The van der Waals surface area contributed by atoms with Crippen LogP contribution in [0.25, 0.3) is 0 Å². The van der Waals surface area contributed by atoms with Gasteiger partial charge in [0.05, 0.1) is 11.7 Å². The van der Waals surface area contributed by atoms with Crippen LogP contribution in [0.4, 0.5) is 5.69 Å². The maximum atomic E-state index is 12.2. The van der Waals surface area contributed by atoms with Crippen molar-refractivity contribution in [3.05, 3.63) is 46.2 Å². The van der Waals surface area contributed by atoms with Crippen molar-refractivity contribution in [1.82, 2.24) is 9.78 Å². The van der Waals surface area contributed by atoms with Gasteiger partial charge < -0.3 is 5.32 Å². The second-order valence-corrected chi connectivity index (χ2v) is 5.79. The molecule has 0 radical (unpaired) electrons. The van der Waals surface area contributed by atoms with E-state index < -0.39 is 0 Å². The summed E-state index contributed by atoms with van der Waals surface area (Å²) in [6.07, 6.45) is 0.369. The van der Waals surface area contributed by atoms with Crippen LogP contribution in [0.15, 0.2) is 24.3 Å².